The van der Waals surface area contributed by atoms with E-state index >= 15 is 0 Å². The van der Waals surface area contributed by atoms with Gasteiger partial charge in [-0.1, -0.05) is 25.1 Å². The third-order valence-corrected chi connectivity index (χ3v) is 2.46. The summed E-state index contributed by atoms with van der Waals surface area (Å²) < 4.78 is 5.59. The Balaban J connectivity index is 2.75. The molecule has 0 aliphatic carbocycles. The second kappa shape index (κ2) is 6.28. The molecule has 1 atom stereocenters. The molecule has 88 valence electrons. The zero-order valence-electron chi connectivity index (χ0n) is 9.77. The van der Waals surface area contributed by atoms with Crippen LogP contribution in [0.5, 0.6) is 5.75 Å². The van der Waals surface area contributed by atoms with Crippen molar-refractivity contribution in [1.29, 1.82) is 0 Å². The molecule has 1 aromatic rings. The Morgan fingerprint density at radius 2 is 2.12 bits per heavy atom. The molecule has 3 nitrogen and oxygen atoms in total. The Bertz CT molecular complexity index is 347. The van der Waals surface area contributed by atoms with Gasteiger partial charge in [-0.25, -0.2) is 0 Å². The molecule has 0 aliphatic heterocycles. The number of ether oxygens (including phenoxy) is 1. The minimum Gasteiger partial charge on any atom is -0.483 e. The average Bonchev–Trinajstić information content (AvgIpc) is 2.31. The van der Waals surface area contributed by atoms with Crippen LogP contribution in [0.3, 0.4) is 0 Å². The number of Topliss-reactive ketones (excluding diaryl/α,β-unsaturated/α-hetero) is 1. The van der Waals surface area contributed by atoms with Crippen LogP contribution in [0.2, 0.25) is 0 Å². The van der Waals surface area contributed by atoms with Crippen molar-refractivity contribution in [3.05, 3.63) is 29.8 Å². The van der Waals surface area contributed by atoms with Gasteiger partial charge in [-0.3, -0.25) is 4.79 Å². The molecule has 1 unspecified atom stereocenters. The molecule has 0 fully saturated rings. The Labute approximate surface area is 96.1 Å². The van der Waals surface area contributed by atoms with Crippen LogP contribution < -0.4 is 4.74 Å². The minimum absolute atomic E-state index is 0.0798. The summed E-state index contributed by atoms with van der Waals surface area (Å²) in [6.07, 6.45) is 0.594. The smallest absolute Gasteiger partial charge is 0.172 e. The van der Waals surface area contributed by atoms with E-state index in [2.05, 4.69) is 0 Å². The maximum absolute atomic E-state index is 11.4. The number of carbonyl (C=O) groups is 1. The van der Waals surface area contributed by atoms with E-state index in [9.17, 15) is 4.79 Å². The van der Waals surface area contributed by atoms with Gasteiger partial charge in [0, 0.05) is 13.0 Å². The lowest BCUT2D eigenvalue weighted by molar-refractivity contribution is -0.124. The normalized spacial score (nSPS) is 12.2. The molecular weight excluding hydrogens is 204 g/mol. The van der Waals surface area contributed by atoms with Gasteiger partial charge in [0.25, 0.3) is 0 Å². The highest BCUT2D eigenvalue weighted by molar-refractivity contribution is 5.82. The summed E-state index contributed by atoms with van der Waals surface area (Å²) in [6.45, 7) is 3.65. The van der Waals surface area contributed by atoms with Crippen molar-refractivity contribution >= 4 is 5.78 Å². The first-order chi connectivity index (χ1) is 7.69. The van der Waals surface area contributed by atoms with Gasteiger partial charge in [0.2, 0.25) is 0 Å². The quantitative estimate of drug-likeness (QED) is 0.800. The zero-order chi connectivity index (χ0) is 12.0. The van der Waals surface area contributed by atoms with Crippen LogP contribution in [0.1, 0.15) is 25.8 Å². The topological polar surface area (TPSA) is 46.5 Å². The lowest BCUT2D eigenvalue weighted by atomic mass is 10.1. The molecule has 3 heteroatoms. The van der Waals surface area contributed by atoms with Crippen LogP contribution in [0.25, 0.3) is 0 Å². The lowest BCUT2D eigenvalue weighted by Gasteiger charge is -2.15. The Morgan fingerprint density at radius 3 is 2.75 bits per heavy atom. The molecule has 1 rings (SSSR count). The summed E-state index contributed by atoms with van der Waals surface area (Å²) >= 11 is 0. The number of hydrogen-bond acceptors (Lipinski definition) is 3. The Hall–Kier alpha value is -1.35. The van der Waals surface area contributed by atoms with Gasteiger partial charge in [-0.15, -0.1) is 0 Å². The molecular formula is C13H18O3. The number of para-hydroxylation sites is 1. The van der Waals surface area contributed by atoms with E-state index in [4.69, 9.17) is 9.84 Å². The van der Waals surface area contributed by atoms with Gasteiger partial charge in [-0.2, -0.15) is 0 Å². The van der Waals surface area contributed by atoms with Crippen LogP contribution in [-0.2, 0) is 11.2 Å². The second-order valence-corrected chi connectivity index (χ2v) is 3.66. The summed E-state index contributed by atoms with van der Waals surface area (Å²) in [6, 6.07) is 7.47. The number of rotatable bonds is 6. The highest BCUT2D eigenvalue weighted by atomic mass is 16.5. The van der Waals surface area contributed by atoms with Gasteiger partial charge < -0.3 is 9.84 Å². The van der Waals surface area contributed by atoms with Crippen LogP contribution >= 0.6 is 0 Å². The van der Waals surface area contributed by atoms with Crippen molar-refractivity contribution in [2.75, 3.05) is 6.61 Å². The fourth-order valence-electron chi connectivity index (χ4n) is 1.49. The molecule has 0 bridgehead atoms. The van der Waals surface area contributed by atoms with E-state index in [1.165, 1.54) is 0 Å². The summed E-state index contributed by atoms with van der Waals surface area (Å²) in [5.74, 6) is 0.768. The van der Waals surface area contributed by atoms with E-state index in [0.717, 1.165) is 5.56 Å². The van der Waals surface area contributed by atoms with Gasteiger partial charge >= 0.3 is 0 Å². The zero-order valence-corrected chi connectivity index (χ0v) is 9.77. The predicted octanol–water partition coefficient (Wildman–Crippen LogP) is 1.97. The molecule has 0 heterocycles. The standard InChI is InChI=1S/C13H18O3/c1-3-12(15)10(2)16-13-7-5-4-6-11(13)8-9-14/h4-7,10,14H,3,8-9H2,1-2H3. The SMILES string of the molecule is CCC(=O)C(C)Oc1ccccc1CCO. The van der Waals surface area contributed by atoms with Crippen molar-refractivity contribution in [3.8, 4) is 5.75 Å². The molecule has 0 amide bonds. The molecule has 0 saturated heterocycles. The van der Waals surface area contributed by atoms with Gasteiger partial charge in [0.05, 0.1) is 0 Å². The summed E-state index contributed by atoms with van der Waals surface area (Å²) in [4.78, 5) is 11.4. The van der Waals surface area contributed by atoms with E-state index in [-0.39, 0.29) is 12.4 Å². The third kappa shape index (κ3) is 3.35. The maximum atomic E-state index is 11.4. The van der Waals surface area contributed by atoms with Crippen molar-refractivity contribution < 1.29 is 14.6 Å². The number of benzene rings is 1. The first kappa shape index (κ1) is 12.7. The summed E-state index contributed by atoms with van der Waals surface area (Å²) in [5.41, 5.74) is 0.931. The van der Waals surface area contributed by atoms with E-state index in [1.54, 1.807) is 6.92 Å². The first-order valence-electron chi connectivity index (χ1n) is 5.57. The third-order valence-electron chi connectivity index (χ3n) is 2.46. The number of aliphatic hydroxyl groups excluding tert-OH is 1. The molecule has 1 N–H and O–H groups in total. The fraction of sp³-hybridized carbons (Fsp3) is 0.462. The largest absolute Gasteiger partial charge is 0.483 e. The number of carbonyl (C=O) groups excluding carboxylic acids is 1. The molecule has 16 heavy (non-hydrogen) atoms. The lowest BCUT2D eigenvalue weighted by Crippen LogP contribution is -2.23. The Morgan fingerprint density at radius 1 is 1.44 bits per heavy atom. The molecule has 0 radical (unpaired) electrons. The van der Waals surface area contributed by atoms with Crippen LogP contribution in [0.4, 0.5) is 0 Å². The number of ketones is 1. The molecule has 0 spiro atoms. The Kier molecular flexibility index (Phi) is 4.99. The monoisotopic (exact) mass is 222 g/mol. The van der Waals surface area contributed by atoms with Crippen molar-refractivity contribution in [3.63, 3.8) is 0 Å². The van der Waals surface area contributed by atoms with Crippen molar-refractivity contribution in [2.45, 2.75) is 32.8 Å². The minimum atomic E-state index is -0.426. The first-order valence-corrected chi connectivity index (χ1v) is 5.57. The van der Waals surface area contributed by atoms with Crippen LogP contribution in [0.15, 0.2) is 24.3 Å². The molecule has 0 aromatic heterocycles. The molecule has 1 aromatic carbocycles. The maximum Gasteiger partial charge on any atom is 0.172 e. The second-order valence-electron chi connectivity index (χ2n) is 3.66. The van der Waals surface area contributed by atoms with Crippen LogP contribution in [0, 0.1) is 0 Å². The van der Waals surface area contributed by atoms with Crippen LogP contribution in [-0.4, -0.2) is 23.6 Å². The van der Waals surface area contributed by atoms with Crippen molar-refractivity contribution in [1.82, 2.24) is 0 Å². The van der Waals surface area contributed by atoms with E-state index < -0.39 is 6.10 Å². The highest BCUT2D eigenvalue weighted by Crippen LogP contribution is 2.20. The predicted molar refractivity (Wildman–Crippen MR) is 62.6 cm³/mol. The van der Waals surface area contributed by atoms with Gasteiger partial charge in [0.1, 0.15) is 5.75 Å². The van der Waals surface area contributed by atoms with Gasteiger partial charge in [0.15, 0.2) is 11.9 Å². The summed E-state index contributed by atoms with van der Waals surface area (Å²) in [5, 5.41) is 8.91. The summed E-state index contributed by atoms with van der Waals surface area (Å²) in [7, 11) is 0. The van der Waals surface area contributed by atoms with Crippen molar-refractivity contribution in [2.24, 2.45) is 0 Å². The number of hydrogen-bond donors (Lipinski definition) is 1. The molecule has 0 aliphatic rings. The van der Waals surface area contributed by atoms with E-state index in [0.29, 0.717) is 18.6 Å². The number of aliphatic hydroxyl groups is 1. The van der Waals surface area contributed by atoms with E-state index in [1.807, 2.05) is 31.2 Å². The average molecular weight is 222 g/mol. The molecule has 0 saturated carbocycles. The fourth-order valence-corrected chi connectivity index (χ4v) is 1.49. The van der Waals surface area contributed by atoms with Gasteiger partial charge in [-0.05, 0) is 25.0 Å². The highest BCUT2D eigenvalue weighted by Gasteiger charge is 2.13.